The van der Waals surface area contributed by atoms with Crippen molar-refractivity contribution in [1.82, 2.24) is 9.80 Å². The molecule has 2 rings (SSSR count). The number of carbonyl (C=O) groups is 3. The molecule has 1 aliphatic rings. The number of hydrogen-bond acceptors (Lipinski definition) is 5. The van der Waals surface area contributed by atoms with Gasteiger partial charge in [0.15, 0.2) is 11.5 Å². The van der Waals surface area contributed by atoms with Gasteiger partial charge in [-0.25, -0.2) is 4.79 Å². The van der Waals surface area contributed by atoms with Crippen LogP contribution in [-0.4, -0.2) is 55.5 Å². The van der Waals surface area contributed by atoms with E-state index in [1.807, 2.05) is 0 Å². The molecule has 0 N–H and O–H groups in total. The Morgan fingerprint density at radius 2 is 1.73 bits per heavy atom. The zero-order chi connectivity index (χ0) is 19.4. The van der Waals surface area contributed by atoms with Gasteiger partial charge < -0.3 is 9.47 Å². The summed E-state index contributed by atoms with van der Waals surface area (Å²) in [6.45, 7) is 2.63. The van der Waals surface area contributed by atoms with Crippen LogP contribution in [-0.2, 0) is 9.59 Å². The van der Waals surface area contributed by atoms with Gasteiger partial charge in [-0.1, -0.05) is 13.3 Å². The molecule has 7 nitrogen and oxygen atoms in total. The highest BCUT2D eigenvalue weighted by Crippen LogP contribution is 2.37. The molecule has 0 radical (unpaired) electrons. The zero-order valence-corrected chi connectivity index (χ0v) is 16.8. The lowest BCUT2D eigenvalue weighted by Gasteiger charge is -2.28. The number of methoxy groups -OCH3 is 1. The fourth-order valence-corrected chi connectivity index (χ4v) is 3.00. The lowest BCUT2D eigenvalue weighted by atomic mass is 10.1. The SMILES string of the molecule is CCCCOc1c(Br)cc(C=C2C(=O)N(C)C(=O)N(C)C2=O)cc1OC. The van der Waals surface area contributed by atoms with Crippen molar-refractivity contribution in [2.75, 3.05) is 27.8 Å². The monoisotopic (exact) mass is 424 g/mol. The first-order valence-electron chi connectivity index (χ1n) is 8.13. The summed E-state index contributed by atoms with van der Waals surface area (Å²) in [5.74, 6) is -0.238. The molecule has 0 atom stereocenters. The number of likely N-dealkylation sites (N-methyl/N-ethyl adjacent to an activating group) is 2. The summed E-state index contributed by atoms with van der Waals surface area (Å²) < 4.78 is 11.8. The Morgan fingerprint density at radius 3 is 2.27 bits per heavy atom. The predicted octanol–water partition coefficient (Wildman–Crippen LogP) is 3.07. The summed E-state index contributed by atoms with van der Waals surface area (Å²) in [5, 5.41) is 0. The third-order valence-electron chi connectivity index (χ3n) is 3.95. The molecular formula is C18H21BrN2O5. The number of amides is 4. The van der Waals surface area contributed by atoms with E-state index in [2.05, 4.69) is 22.9 Å². The number of carbonyl (C=O) groups excluding carboxylic acids is 3. The maximum Gasteiger partial charge on any atom is 0.333 e. The van der Waals surface area contributed by atoms with Crippen molar-refractivity contribution in [2.45, 2.75) is 19.8 Å². The number of barbiturate groups is 1. The molecule has 0 unspecified atom stereocenters. The van der Waals surface area contributed by atoms with Crippen molar-refractivity contribution < 1.29 is 23.9 Å². The summed E-state index contributed by atoms with van der Waals surface area (Å²) in [7, 11) is 4.19. The second kappa shape index (κ2) is 8.35. The Bertz CT molecular complexity index is 749. The number of halogens is 1. The molecule has 1 saturated heterocycles. The Kier molecular flexibility index (Phi) is 6.42. The van der Waals surface area contributed by atoms with Gasteiger partial charge in [0.05, 0.1) is 18.2 Å². The molecule has 0 bridgehead atoms. The Labute approximate surface area is 160 Å². The van der Waals surface area contributed by atoms with Crippen molar-refractivity contribution in [3.8, 4) is 11.5 Å². The van der Waals surface area contributed by atoms with E-state index in [1.54, 1.807) is 12.1 Å². The van der Waals surface area contributed by atoms with E-state index >= 15 is 0 Å². The Morgan fingerprint density at radius 1 is 1.12 bits per heavy atom. The molecule has 1 fully saturated rings. The van der Waals surface area contributed by atoms with Crippen LogP contribution in [0.3, 0.4) is 0 Å². The molecule has 0 aromatic heterocycles. The molecule has 0 spiro atoms. The number of imide groups is 2. The van der Waals surface area contributed by atoms with E-state index < -0.39 is 17.8 Å². The highest BCUT2D eigenvalue weighted by Gasteiger charge is 2.37. The van der Waals surface area contributed by atoms with Crippen molar-refractivity contribution in [3.05, 3.63) is 27.7 Å². The summed E-state index contributed by atoms with van der Waals surface area (Å²) >= 11 is 3.44. The summed E-state index contributed by atoms with van der Waals surface area (Å²) in [6, 6.07) is 2.75. The topological polar surface area (TPSA) is 76.2 Å². The maximum atomic E-state index is 12.3. The third-order valence-corrected chi connectivity index (χ3v) is 4.54. The molecule has 8 heteroatoms. The molecule has 0 aliphatic carbocycles. The largest absolute Gasteiger partial charge is 0.493 e. The first kappa shape index (κ1) is 20.0. The normalized spacial score (nSPS) is 14.8. The molecule has 1 aromatic carbocycles. The Hall–Kier alpha value is -2.35. The number of ether oxygens (including phenoxy) is 2. The molecule has 1 aromatic rings. The van der Waals surface area contributed by atoms with Gasteiger partial charge in [0, 0.05) is 14.1 Å². The fraction of sp³-hybridized carbons (Fsp3) is 0.389. The van der Waals surface area contributed by atoms with Crippen LogP contribution in [0.25, 0.3) is 6.08 Å². The second-order valence-electron chi connectivity index (χ2n) is 5.81. The smallest absolute Gasteiger partial charge is 0.333 e. The number of hydrogen-bond donors (Lipinski definition) is 0. The van der Waals surface area contributed by atoms with E-state index in [4.69, 9.17) is 9.47 Å². The third kappa shape index (κ3) is 3.90. The molecule has 26 heavy (non-hydrogen) atoms. The number of benzene rings is 1. The molecule has 0 saturated carbocycles. The summed E-state index contributed by atoms with van der Waals surface area (Å²) in [4.78, 5) is 38.2. The lowest BCUT2D eigenvalue weighted by molar-refractivity contribution is -0.134. The molecule has 4 amide bonds. The molecular weight excluding hydrogens is 404 g/mol. The first-order chi connectivity index (χ1) is 12.3. The van der Waals surface area contributed by atoms with Gasteiger partial charge in [-0.05, 0) is 46.1 Å². The van der Waals surface area contributed by atoms with E-state index in [0.717, 1.165) is 22.6 Å². The van der Waals surface area contributed by atoms with Crippen LogP contribution in [0, 0.1) is 0 Å². The number of unbranched alkanes of at least 4 members (excludes halogenated alkanes) is 1. The average Bonchev–Trinajstić information content (AvgIpc) is 2.63. The van der Waals surface area contributed by atoms with Crippen molar-refractivity contribution in [2.24, 2.45) is 0 Å². The van der Waals surface area contributed by atoms with Crippen molar-refractivity contribution >= 4 is 39.9 Å². The summed E-state index contributed by atoms with van der Waals surface area (Å²) in [5.41, 5.74) is 0.479. The molecule has 1 aliphatic heterocycles. The number of nitrogens with zero attached hydrogens (tertiary/aromatic N) is 2. The molecule has 1 heterocycles. The maximum absolute atomic E-state index is 12.3. The predicted molar refractivity (Wildman–Crippen MR) is 100 cm³/mol. The van der Waals surface area contributed by atoms with E-state index in [0.29, 0.717) is 28.1 Å². The standard InChI is InChI=1S/C18H21BrN2O5/c1-5-6-7-26-15-13(19)9-11(10-14(15)25-4)8-12-16(22)20(2)18(24)21(3)17(12)23/h8-10H,5-7H2,1-4H3. The van der Waals surface area contributed by atoms with Crippen LogP contribution in [0.2, 0.25) is 0 Å². The summed E-state index contributed by atoms with van der Waals surface area (Å²) in [6.07, 6.45) is 3.36. The minimum atomic E-state index is -0.657. The van der Waals surface area contributed by atoms with Gasteiger partial charge in [-0.15, -0.1) is 0 Å². The minimum Gasteiger partial charge on any atom is -0.493 e. The van der Waals surface area contributed by atoms with Gasteiger partial charge in [0.25, 0.3) is 11.8 Å². The van der Waals surface area contributed by atoms with Crippen LogP contribution in [0.4, 0.5) is 4.79 Å². The zero-order valence-electron chi connectivity index (χ0n) is 15.2. The molecule has 140 valence electrons. The number of urea groups is 1. The van der Waals surface area contributed by atoms with Gasteiger partial charge in [0.1, 0.15) is 5.57 Å². The highest BCUT2D eigenvalue weighted by molar-refractivity contribution is 9.10. The van der Waals surface area contributed by atoms with Crippen LogP contribution < -0.4 is 9.47 Å². The van der Waals surface area contributed by atoms with E-state index in [-0.39, 0.29) is 5.57 Å². The van der Waals surface area contributed by atoms with Crippen LogP contribution >= 0.6 is 15.9 Å². The van der Waals surface area contributed by atoms with Crippen molar-refractivity contribution in [1.29, 1.82) is 0 Å². The van der Waals surface area contributed by atoms with Crippen LogP contribution in [0.15, 0.2) is 22.2 Å². The fourth-order valence-electron chi connectivity index (χ4n) is 2.42. The van der Waals surface area contributed by atoms with Crippen LogP contribution in [0.1, 0.15) is 25.3 Å². The minimum absolute atomic E-state index is 0.0943. The quantitative estimate of drug-likeness (QED) is 0.398. The van der Waals surface area contributed by atoms with Gasteiger partial charge in [-0.2, -0.15) is 0 Å². The lowest BCUT2D eigenvalue weighted by Crippen LogP contribution is -2.52. The van der Waals surface area contributed by atoms with Crippen molar-refractivity contribution in [3.63, 3.8) is 0 Å². The number of rotatable bonds is 6. The average molecular weight is 425 g/mol. The van der Waals surface area contributed by atoms with Gasteiger partial charge in [0.2, 0.25) is 0 Å². The highest BCUT2D eigenvalue weighted by atomic mass is 79.9. The van der Waals surface area contributed by atoms with E-state index in [9.17, 15) is 14.4 Å². The first-order valence-corrected chi connectivity index (χ1v) is 8.93. The van der Waals surface area contributed by atoms with Gasteiger partial charge in [-0.3, -0.25) is 19.4 Å². The Balaban J connectivity index is 2.41. The van der Waals surface area contributed by atoms with Gasteiger partial charge >= 0.3 is 6.03 Å². The van der Waals surface area contributed by atoms with Crippen LogP contribution in [0.5, 0.6) is 11.5 Å². The second-order valence-corrected chi connectivity index (χ2v) is 6.66. The van der Waals surface area contributed by atoms with E-state index in [1.165, 1.54) is 27.3 Å².